The zero-order chi connectivity index (χ0) is 21.8. The minimum Gasteiger partial charge on any atom is -0.456 e. The van der Waals surface area contributed by atoms with Crippen LogP contribution < -0.4 is 0 Å². The molecule has 2 saturated heterocycles. The summed E-state index contributed by atoms with van der Waals surface area (Å²) in [6.45, 7) is 5.88. The Kier molecular flexibility index (Phi) is 6.99. The number of benzene rings is 2. The van der Waals surface area contributed by atoms with E-state index in [0.717, 1.165) is 10.5 Å². The normalized spacial score (nSPS) is 29.7. The maximum absolute atomic E-state index is 12.0. The second-order valence-electron chi connectivity index (χ2n) is 8.10. The Balaban J connectivity index is 1.61. The molecule has 0 N–H and O–H groups in total. The molecule has 7 heteroatoms. The van der Waals surface area contributed by atoms with Crippen molar-refractivity contribution in [3.8, 4) is 0 Å². The van der Waals surface area contributed by atoms with Crippen LogP contribution in [-0.2, 0) is 35.1 Å². The molecule has 2 aliphatic heterocycles. The molecule has 0 unspecified atom stereocenters. The largest absolute Gasteiger partial charge is 0.456 e. The number of rotatable bonds is 6. The van der Waals surface area contributed by atoms with E-state index in [1.807, 2.05) is 74.5 Å². The molecular formula is C24H28O6S. The molecular weight excluding hydrogens is 416 g/mol. The van der Waals surface area contributed by atoms with Crippen molar-refractivity contribution in [3.63, 3.8) is 0 Å². The molecule has 0 saturated carbocycles. The molecule has 4 rings (SSSR count). The van der Waals surface area contributed by atoms with E-state index in [9.17, 15) is 4.79 Å². The lowest BCUT2D eigenvalue weighted by Gasteiger charge is -2.50. The summed E-state index contributed by atoms with van der Waals surface area (Å²) >= 11 is 1.51. The lowest BCUT2D eigenvalue weighted by Crippen LogP contribution is -2.65. The first kappa shape index (κ1) is 22.3. The summed E-state index contributed by atoms with van der Waals surface area (Å²) in [6.07, 6.45) is -1.90. The Labute approximate surface area is 187 Å². The molecule has 0 bridgehead atoms. The fourth-order valence-electron chi connectivity index (χ4n) is 3.80. The van der Waals surface area contributed by atoms with Crippen LogP contribution >= 0.6 is 11.8 Å². The van der Waals surface area contributed by atoms with E-state index in [1.54, 1.807) is 0 Å². The third-order valence-electron chi connectivity index (χ3n) is 5.19. The van der Waals surface area contributed by atoms with Gasteiger partial charge in [0.1, 0.15) is 23.7 Å². The van der Waals surface area contributed by atoms with Crippen LogP contribution in [0, 0.1) is 0 Å². The zero-order valence-electron chi connectivity index (χ0n) is 17.9. The van der Waals surface area contributed by atoms with Crippen LogP contribution in [-0.4, -0.2) is 48.2 Å². The highest BCUT2D eigenvalue weighted by atomic mass is 32.2. The molecule has 0 amide bonds. The number of ether oxygens (including phenoxy) is 5. The van der Waals surface area contributed by atoms with Gasteiger partial charge in [-0.2, -0.15) is 0 Å². The minimum atomic E-state index is -0.779. The Morgan fingerprint density at radius 3 is 2.42 bits per heavy atom. The van der Waals surface area contributed by atoms with Gasteiger partial charge in [0.15, 0.2) is 11.9 Å². The minimum absolute atomic E-state index is 0.332. The van der Waals surface area contributed by atoms with Crippen molar-refractivity contribution in [1.29, 1.82) is 0 Å². The average Bonchev–Trinajstić information content (AvgIpc) is 2.74. The number of hydrogen-bond acceptors (Lipinski definition) is 7. The highest BCUT2D eigenvalue weighted by molar-refractivity contribution is 7.99. The molecule has 2 fully saturated rings. The maximum atomic E-state index is 12.0. The van der Waals surface area contributed by atoms with Gasteiger partial charge in [0.2, 0.25) is 0 Å². The Morgan fingerprint density at radius 1 is 1.06 bits per heavy atom. The van der Waals surface area contributed by atoms with Crippen LogP contribution in [0.1, 0.15) is 26.3 Å². The van der Waals surface area contributed by atoms with E-state index >= 15 is 0 Å². The number of hydrogen-bond donors (Lipinski definition) is 0. The quantitative estimate of drug-likeness (QED) is 0.620. The van der Waals surface area contributed by atoms with Crippen molar-refractivity contribution in [2.45, 2.75) is 67.9 Å². The monoisotopic (exact) mass is 444 g/mol. The molecule has 2 aromatic carbocycles. The first-order valence-electron chi connectivity index (χ1n) is 10.4. The summed E-state index contributed by atoms with van der Waals surface area (Å²) in [5.41, 5.74) is 0.576. The van der Waals surface area contributed by atoms with Gasteiger partial charge in [-0.05, 0) is 31.5 Å². The highest BCUT2D eigenvalue weighted by Crippen LogP contribution is 2.40. The fourth-order valence-corrected chi connectivity index (χ4v) is 4.93. The molecule has 2 heterocycles. The van der Waals surface area contributed by atoms with E-state index in [-0.39, 0.29) is 12.1 Å². The van der Waals surface area contributed by atoms with E-state index in [4.69, 9.17) is 23.7 Å². The second-order valence-corrected chi connectivity index (χ2v) is 9.27. The van der Waals surface area contributed by atoms with Gasteiger partial charge >= 0.3 is 5.97 Å². The van der Waals surface area contributed by atoms with Crippen LogP contribution in [0.3, 0.4) is 0 Å². The van der Waals surface area contributed by atoms with Crippen molar-refractivity contribution in [3.05, 3.63) is 66.2 Å². The topological polar surface area (TPSA) is 63.2 Å². The van der Waals surface area contributed by atoms with Gasteiger partial charge in [-0.15, -0.1) is 0 Å². The van der Waals surface area contributed by atoms with Crippen LogP contribution in [0.25, 0.3) is 0 Å². The molecule has 5 atom stereocenters. The molecule has 6 nitrogen and oxygen atoms in total. The maximum Gasteiger partial charge on any atom is 0.303 e. The van der Waals surface area contributed by atoms with E-state index in [2.05, 4.69) is 0 Å². The standard InChI is InChI=1S/C24H28O6S/c1-16(25)28-22-21(26-14-17-10-6-4-7-11-17)20-19(15-27-24(2,3)30-20)29-23(22)31-18-12-8-5-9-13-18/h4-13,19-23H,14-15H2,1-3H3/t19-,20-,21+,22+,23-/m1/s1. The van der Waals surface area contributed by atoms with Gasteiger partial charge in [-0.25, -0.2) is 0 Å². The van der Waals surface area contributed by atoms with Crippen LogP contribution in [0.15, 0.2) is 65.6 Å². The zero-order valence-corrected chi connectivity index (χ0v) is 18.7. The summed E-state index contributed by atoms with van der Waals surface area (Å²) in [4.78, 5) is 13.0. The number of thioether (sulfide) groups is 1. The molecule has 0 aliphatic carbocycles. The average molecular weight is 445 g/mol. The molecule has 0 spiro atoms. The molecule has 2 aliphatic rings. The molecule has 0 aromatic heterocycles. The predicted molar refractivity (Wildman–Crippen MR) is 116 cm³/mol. The molecule has 0 radical (unpaired) electrons. The Hall–Kier alpha value is -1.90. The SMILES string of the molecule is CC(=O)O[C@H]1[C@@H](OCc2ccccc2)[C@@H]2OC(C)(C)OC[C@H]2O[C@@H]1Sc1ccccc1. The number of carbonyl (C=O) groups is 1. The van der Waals surface area contributed by atoms with E-state index in [1.165, 1.54) is 18.7 Å². The number of esters is 1. The van der Waals surface area contributed by atoms with Crippen LogP contribution in [0.4, 0.5) is 0 Å². The fraction of sp³-hybridized carbons (Fsp3) is 0.458. The molecule has 2 aromatic rings. The van der Waals surface area contributed by atoms with Crippen LogP contribution in [0.2, 0.25) is 0 Å². The van der Waals surface area contributed by atoms with Gasteiger partial charge in [0, 0.05) is 11.8 Å². The third-order valence-corrected chi connectivity index (χ3v) is 6.35. The van der Waals surface area contributed by atoms with Gasteiger partial charge in [0.05, 0.1) is 13.2 Å². The summed E-state index contributed by atoms with van der Waals surface area (Å²) < 4.78 is 30.5. The number of carbonyl (C=O) groups excluding carboxylic acids is 1. The highest BCUT2D eigenvalue weighted by Gasteiger charge is 2.53. The summed E-state index contributed by atoms with van der Waals surface area (Å²) in [6, 6.07) is 19.8. The third kappa shape index (κ3) is 5.67. The van der Waals surface area contributed by atoms with Crippen LogP contribution in [0.5, 0.6) is 0 Å². The lowest BCUT2D eigenvalue weighted by molar-refractivity contribution is -0.355. The summed E-state index contributed by atoms with van der Waals surface area (Å²) in [5, 5.41) is 0. The molecule has 31 heavy (non-hydrogen) atoms. The van der Waals surface area contributed by atoms with Gasteiger partial charge in [0.25, 0.3) is 0 Å². The van der Waals surface area contributed by atoms with Gasteiger partial charge in [-0.3, -0.25) is 4.79 Å². The van der Waals surface area contributed by atoms with Gasteiger partial charge < -0.3 is 23.7 Å². The van der Waals surface area contributed by atoms with Gasteiger partial charge in [-0.1, -0.05) is 60.3 Å². The second kappa shape index (κ2) is 9.71. The van der Waals surface area contributed by atoms with Crippen molar-refractivity contribution < 1.29 is 28.5 Å². The lowest BCUT2D eigenvalue weighted by atomic mass is 9.97. The number of fused-ring (bicyclic) bond motifs is 1. The summed E-state index contributed by atoms with van der Waals surface area (Å²) in [7, 11) is 0. The summed E-state index contributed by atoms with van der Waals surface area (Å²) in [5.74, 6) is -1.16. The van der Waals surface area contributed by atoms with Crippen molar-refractivity contribution in [2.24, 2.45) is 0 Å². The first-order chi connectivity index (χ1) is 14.9. The smallest absolute Gasteiger partial charge is 0.303 e. The Bertz CT molecular complexity index is 859. The van der Waals surface area contributed by atoms with E-state index in [0.29, 0.717) is 13.2 Å². The van der Waals surface area contributed by atoms with Crippen molar-refractivity contribution >= 4 is 17.7 Å². The van der Waals surface area contributed by atoms with Crippen molar-refractivity contribution in [1.82, 2.24) is 0 Å². The van der Waals surface area contributed by atoms with Crippen molar-refractivity contribution in [2.75, 3.05) is 6.61 Å². The Morgan fingerprint density at radius 2 is 1.74 bits per heavy atom. The van der Waals surface area contributed by atoms with E-state index < -0.39 is 29.5 Å². The predicted octanol–water partition coefficient (Wildman–Crippen LogP) is 4.17. The molecule has 166 valence electrons. The first-order valence-corrected chi connectivity index (χ1v) is 11.3.